The molecule has 1 fully saturated rings. The van der Waals surface area contributed by atoms with Crippen LogP contribution in [-0.2, 0) is 19.0 Å². The lowest BCUT2D eigenvalue weighted by Crippen LogP contribution is -2.54. The summed E-state index contributed by atoms with van der Waals surface area (Å²) in [6.07, 6.45) is -2.64. The Labute approximate surface area is 117 Å². The Morgan fingerprint density at radius 1 is 1.35 bits per heavy atom. The molecule has 1 unspecified atom stereocenters. The number of rotatable bonds is 2. The number of carbonyl (C=O) groups excluding carboxylic acids is 1. The smallest absolute Gasteiger partial charge is 0.410 e. The number of nitrogens with zero attached hydrogens (tertiary/aromatic N) is 1. The van der Waals surface area contributed by atoms with E-state index in [0.29, 0.717) is 6.26 Å². The molecule has 1 heterocycles. The normalized spacial score (nSPS) is 23.5. The summed E-state index contributed by atoms with van der Waals surface area (Å²) in [4.78, 5) is 12.8. The summed E-state index contributed by atoms with van der Waals surface area (Å²) < 4.78 is 58.7. The number of carbonyl (C=O) groups is 1. The molecule has 6 nitrogen and oxygen atoms in total. The summed E-state index contributed by atoms with van der Waals surface area (Å²) >= 11 is 0. The second-order valence-corrected chi connectivity index (χ2v) is 7.33. The molecule has 1 aliphatic rings. The summed E-state index contributed by atoms with van der Waals surface area (Å²) in [7, 11) is -4.04. The fraction of sp³-hybridized carbons (Fsp3) is 0.909. The van der Waals surface area contributed by atoms with Gasteiger partial charge < -0.3 is 9.64 Å². The highest BCUT2D eigenvalue weighted by Crippen LogP contribution is 2.32. The van der Waals surface area contributed by atoms with Gasteiger partial charge in [-0.2, -0.15) is 8.42 Å². The third-order valence-corrected chi connectivity index (χ3v) is 3.10. The monoisotopic (exact) mass is 315 g/mol. The van der Waals surface area contributed by atoms with Gasteiger partial charge in [-0.1, -0.05) is 0 Å². The number of amides is 1. The van der Waals surface area contributed by atoms with E-state index < -0.39 is 46.8 Å². The number of ether oxygens (including phenoxy) is 1. The van der Waals surface area contributed by atoms with Crippen LogP contribution < -0.4 is 0 Å². The van der Waals surface area contributed by atoms with Gasteiger partial charge in [-0.15, -0.1) is 0 Å². The highest BCUT2D eigenvalue weighted by Gasteiger charge is 2.48. The molecule has 20 heavy (non-hydrogen) atoms. The SMILES string of the molecule is CC(C)(C)OC(=O)N1CCC(F)(F)C(OS(C)(=O)=O)C1. The third kappa shape index (κ3) is 5.20. The first kappa shape index (κ1) is 17.1. The number of piperidine rings is 1. The maximum absolute atomic E-state index is 13.6. The topological polar surface area (TPSA) is 72.9 Å². The molecule has 0 spiro atoms. The Bertz CT molecular complexity index is 472. The van der Waals surface area contributed by atoms with Crippen molar-refractivity contribution in [3.63, 3.8) is 0 Å². The average molecular weight is 315 g/mol. The molecule has 0 aromatic heterocycles. The number of hydrogen-bond donors (Lipinski definition) is 0. The van der Waals surface area contributed by atoms with Crippen LogP contribution in [-0.4, -0.2) is 56.4 Å². The number of halogens is 2. The number of hydrogen-bond acceptors (Lipinski definition) is 5. The van der Waals surface area contributed by atoms with Gasteiger partial charge in [0.1, 0.15) is 5.60 Å². The molecule has 1 aliphatic heterocycles. The van der Waals surface area contributed by atoms with Crippen LogP contribution in [0.2, 0.25) is 0 Å². The molecule has 0 radical (unpaired) electrons. The Kier molecular flexibility index (Phi) is 4.65. The summed E-state index contributed by atoms with van der Waals surface area (Å²) in [5.41, 5.74) is -0.760. The van der Waals surface area contributed by atoms with Crippen LogP contribution in [0.5, 0.6) is 0 Å². The van der Waals surface area contributed by atoms with Crippen LogP contribution in [0.15, 0.2) is 0 Å². The van der Waals surface area contributed by atoms with E-state index in [1.807, 2.05) is 0 Å². The molecule has 0 N–H and O–H groups in total. The molecule has 0 aliphatic carbocycles. The highest BCUT2D eigenvalue weighted by atomic mass is 32.2. The van der Waals surface area contributed by atoms with Gasteiger partial charge in [-0.05, 0) is 20.8 Å². The van der Waals surface area contributed by atoms with Crippen molar-refractivity contribution in [1.29, 1.82) is 0 Å². The minimum Gasteiger partial charge on any atom is -0.444 e. The maximum Gasteiger partial charge on any atom is 0.410 e. The van der Waals surface area contributed by atoms with Crippen LogP contribution in [0.4, 0.5) is 13.6 Å². The van der Waals surface area contributed by atoms with Crippen molar-refractivity contribution in [2.75, 3.05) is 19.3 Å². The van der Waals surface area contributed by atoms with Gasteiger partial charge >= 0.3 is 6.09 Å². The van der Waals surface area contributed by atoms with Gasteiger partial charge in [0, 0.05) is 13.0 Å². The second kappa shape index (κ2) is 5.44. The van der Waals surface area contributed by atoms with Crippen molar-refractivity contribution < 1.29 is 30.9 Å². The maximum atomic E-state index is 13.6. The van der Waals surface area contributed by atoms with Crippen molar-refractivity contribution in [3.05, 3.63) is 0 Å². The molecular weight excluding hydrogens is 296 g/mol. The van der Waals surface area contributed by atoms with E-state index in [1.54, 1.807) is 20.8 Å². The quantitative estimate of drug-likeness (QED) is 0.724. The van der Waals surface area contributed by atoms with Gasteiger partial charge in [0.2, 0.25) is 0 Å². The summed E-state index contributed by atoms with van der Waals surface area (Å²) in [5, 5.41) is 0. The molecule has 9 heteroatoms. The van der Waals surface area contributed by atoms with Crippen LogP contribution in [0, 0.1) is 0 Å². The zero-order valence-electron chi connectivity index (χ0n) is 11.9. The van der Waals surface area contributed by atoms with Crippen LogP contribution in [0.25, 0.3) is 0 Å². The van der Waals surface area contributed by atoms with Crippen LogP contribution in [0.3, 0.4) is 0 Å². The zero-order chi connectivity index (χ0) is 15.8. The van der Waals surface area contributed by atoms with E-state index in [4.69, 9.17) is 4.74 Å². The summed E-state index contributed by atoms with van der Waals surface area (Å²) in [6, 6.07) is 0. The van der Waals surface area contributed by atoms with Gasteiger partial charge in [-0.25, -0.2) is 13.6 Å². The molecule has 1 saturated heterocycles. The molecule has 118 valence electrons. The van der Waals surface area contributed by atoms with Gasteiger partial charge in [-0.3, -0.25) is 4.18 Å². The largest absolute Gasteiger partial charge is 0.444 e. The fourth-order valence-corrected chi connectivity index (χ4v) is 2.30. The Balaban J connectivity index is 2.78. The molecule has 1 rings (SSSR count). The minimum absolute atomic E-state index is 0.217. The lowest BCUT2D eigenvalue weighted by Gasteiger charge is -2.37. The van der Waals surface area contributed by atoms with Crippen LogP contribution in [0.1, 0.15) is 27.2 Å². The Morgan fingerprint density at radius 2 is 1.90 bits per heavy atom. The fourth-order valence-electron chi connectivity index (χ4n) is 1.67. The first-order chi connectivity index (χ1) is 8.80. The zero-order valence-corrected chi connectivity index (χ0v) is 12.7. The first-order valence-electron chi connectivity index (χ1n) is 6.04. The molecule has 0 saturated carbocycles. The van der Waals surface area contributed by atoms with E-state index >= 15 is 0 Å². The lowest BCUT2D eigenvalue weighted by molar-refractivity contribution is -0.132. The summed E-state index contributed by atoms with van der Waals surface area (Å²) in [5.74, 6) is -3.30. The van der Waals surface area contributed by atoms with E-state index in [9.17, 15) is 22.0 Å². The van der Waals surface area contributed by atoms with Crippen molar-refractivity contribution >= 4 is 16.2 Å². The second-order valence-electron chi connectivity index (χ2n) is 5.73. The molecule has 0 aromatic carbocycles. The van der Waals surface area contributed by atoms with Crippen molar-refractivity contribution in [3.8, 4) is 0 Å². The molecule has 1 atom stereocenters. The molecular formula is C11H19F2NO5S. The minimum atomic E-state index is -4.04. The van der Waals surface area contributed by atoms with Crippen LogP contribution >= 0.6 is 0 Å². The average Bonchev–Trinajstić information content (AvgIpc) is 2.16. The van der Waals surface area contributed by atoms with Gasteiger partial charge in [0.05, 0.1) is 12.8 Å². The van der Waals surface area contributed by atoms with E-state index in [1.165, 1.54) is 0 Å². The van der Waals surface area contributed by atoms with E-state index in [-0.39, 0.29) is 6.54 Å². The molecule has 0 aromatic rings. The van der Waals surface area contributed by atoms with Gasteiger partial charge in [0.15, 0.2) is 6.10 Å². The third-order valence-electron chi connectivity index (χ3n) is 2.51. The number of alkyl halides is 2. The summed E-state index contributed by atoms with van der Waals surface area (Å²) in [6.45, 7) is 4.19. The predicted molar refractivity (Wildman–Crippen MR) is 67.1 cm³/mol. The van der Waals surface area contributed by atoms with Crippen molar-refractivity contribution in [2.24, 2.45) is 0 Å². The van der Waals surface area contributed by atoms with E-state index in [0.717, 1.165) is 4.90 Å². The lowest BCUT2D eigenvalue weighted by atomic mass is 10.0. The number of likely N-dealkylation sites (tertiary alicyclic amines) is 1. The first-order valence-corrected chi connectivity index (χ1v) is 7.86. The Morgan fingerprint density at radius 3 is 2.35 bits per heavy atom. The Hall–Kier alpha value is -0.960. The molecule has 0 bridgehead atoms. The predicted octanol–water partition coefficient (Wildman–Crippen LogP) is 1.61. The standard InChI is InChI=1S/C11H19F2NO5S/c1-10(2,3)18-9(15)14-6-5-11(12,13)8(7-14)19-20(4,16)17/h8H,5-7H2,1-4H3. The van der Waals surface area contributed by atoms with Gasteiger partial charge in [0.25, 0.3) is 16.0 Å². The van der Waals surface area contributed by atoms with E-state index in [2.05, 4.69) is 4.18 Å². The van der Waals surface area contributed by atoms with Crippen molar-refractivity contribution in [2.45, 2.75) is 44.8 Å². The molecule has 1 amide bonds. The highest BCUT2D eigenvalue weighted by molar-refractivity contribution is 7.86. The van der Waals surface area contributed by atoms with Crippen molar-refractivity contribution in [1.82, 2.24) is 4.90 Å².